The smallest absolute Gasteiger partial charge is 0.303 e. The second-order valence-corrected chi connectivity index (χ2v) is 6.33. The number of hydrogen-bond acceptors (Lipinski definition) is 4. The lowest BCUT2D eigenvalue weighted by atomic mass is 10.1. The minimum atomic E-state index is -0.864. The Kier molecular flexibility index (Phi) is 6.94. The number of anilines is 1. The fraction of sp³-hybridized carbons (Fsp3) is 0.278. The second-order valence-electron chi connectivity index (χ2n) is 5.42. The van der Waals surface area contributed by atoms with Crippen LogP contribution in [0.1, 0.15) is 35.7 Å². The first-order valence-corrected chi connectivity index (χ1v) is 8.68. The Hall–Kier alpha value is -2.41. The lowest BCUT2D eigenvalue weighted by molar-refractivity contribution is -0.136. The van der Waals surface area contributed by atoms with Crippen LogP contribution in [0.5, 0.6) is 5.75 Å². The standard InChI is InChI=1S/C18H19BrN2O4/c1-2-7-25-16-5-3-12(4-6-17(22)23)8-15(16)21-18(24)13-9-14(19)11-20-10-13/h3,5,8-11H,2,4,6-7H2,1H3,(H,21,24)(H,22,23). The summed E-state index contributed by atoms with van der Waals surface area (Å²) in [7, 11) is 0. The van der Waals surface area contributed by atoms with Crippen LogP contribution in [0.25, 0.3) is 0 Å². The summed E-state index contributed by atoms with van der Waals surface area (Å²) in [5.74, 6) is -0.625. The maximum Gasteiger partial charge on any atom is 0.303 e. The number of ether oxygens (including phenoxy) is 1. The van der Waals surface area contributed by atoms with E-state index >= 15 is 0 Å². The van der Waals surface area contributed by atoms with Crippen molar-refractivity contribution < 1.29 is 19.4 Å². The van der Waals surface area contributed by atoms with Crippen LogP contribution in [0.2, 0.25) is 0 Å². The number of pyridine rings is 1. The number of hydrogen-bond donors (Lipinski definition) is 2. The number of aryl methyl sites for hydroxylation is 1. The molecule has 0 aliphatic rings. The first kappa shape index (κ1) is 18.9. The Bertz CT molecular complexity index is 764. The van der Waals surface area contributed by atoms with Crippen molar-refractivity contribution in [3.05, 3.63) is 52.3 Å². The number of nitrogens with zero attached hydrogens (tertiary/aromatic N) is 1. The third kappa shape index (κ3) is 5.86. The highest BCUT2D eigenvalue weighted by Gasteiger charge is 2.12. The van der Waals surface area contributed by atoms with Gasteiger partial charge in [-0.15, -0.1) is 0 Å². The number of amides is 1. The van der Waals surface area contributed by atoms with Crippen molar-refractivity contribution in [2.45, 2.75) is 26.2 Å². The molecule has 7 heteroatoms. The van der Waals surface area contributed by atoms with E-state index < -0.39 is 5.97 Å². The Balaban J connectivity index is 2.23. The van der Waals surface area contributed by atoms with Gasteiger partial charge in [0.05, 0.1) is 17.9 Å². The van der Waals surface area contributed by atoms with Gasteiger partial charge in [0, 0.05) is 23.3 Å². The molecule has 0 saturated carbocycles. The summed E-state index contributed by atoms with van der Waals surface area (Å²) in [4.78, 5) is 27.2. The molecule has 6 nitrogen and oxygen atoms in total. The monoisotopic (exact) mass is 406 g/mol. The molecular formula is C18H19BrN2O4. The van der Waals surface area contributed by atoms with Crippen LogP contribution < -0.4 is 10.1 Å². The minimum Gasteiger partial charge on any atom is -0.491 e. The van der Waals surface area contributed by atoms with Gasteiger partial charge in [0.2, 0.25) is 0 Å². The molecule has 0 fully saturated rings. The van der Waals surface area contributed by atoms with Crippen molar-refractivity contribution in [1.29, 1.82) is 0 Å². The Morgan fingerprint density at radius 1 is 1.28 bits per heavy atom. The number of carboxylic acid groups (broad SMARTS) is 1. The fourth-order valence-corrected chi connectivity index (χ4v) is 2.51. The average molecular weight is 407 g/mol. The number of benzene rings is 1. The Morgan fingerprint density at radius 3 is 2.76 bits per heavy atom. The summed E-state index contributed by atoms with van der Waals surface area (Å²) in [5, 5.41) is 11.6. The molecule has 0 saturated heterocycles. The number of rotatable bonds is 8. The van der Waals surface area contributed by atoms with E-state index in [0.29, 0.717) is 34.5 Å². The summed E-state index contributed by atoms with van der Waals surface area (Å²) >= 11 is 3.29. The molecule has 2 rings (SSSR count). The van der Waals surface area contributed by atoms with E-state index in [1.54, 1.807) is 24.4 Å². The average Bonchev–Trinajstić information content (AvgIpc) is 2.59. The summed E-state index contributed by atoms with van der Waals surface area (Å²) in [5.41, 5.74) is 1.74. The molecule has 0 spiro atoms. The quantitative estimate of drug-likeness (QED) is 0.693. The lowest BCUT2D eigenvalue weighted by Gasteiger charge is -2.14. The van der Waals surface area contributed by atoms with Gasteiger partial charge < -0.3 is 15.2 Å². The molecule has 0 bridgehead atoms. The molecule has 0 unspecified atom stereocenters. The highest BCUT2D eigenvalue weighted by Crippen LogP contribution is 2.27. The van der Waals surface area contributed by atoms with Crippen molar-refractivity contribution in [2.24, 2.45) is 0 Å². The molecule has 0 radical (unpaired) electrons. The van der Waals surface area contributed by atoms with Crippen molar-refractivity contribution >= 4 is 33.5 Å². The molecule has 2 aromatic rings. The maximum absolute atomic E-state index is 12.4. The summed E-state index contributed by atoms with van der Waals surface area (Å²) in [6, 6.07) is 6.98. The van der Waals surface area contributed by atoms with E-state index in [2.05, 4.69) is 26.2 Å². The predicted molar refractivity (Wildman–Crippen MR) is 98.1 cm³/mol. The van der Waals surface area contributed by atoms with Crippen LogP contribution in [-0.2, 0) is 11.2 Å². The number of aliphatic carboxylic acids is 1. The van der Waals surface area contributed by atoms with E-state index in [0.717, 1.165) is 12.0 Å². The van der Waals surface area contributed by atoms with Crippen LogP contribution in [0, 0.1) is 0 Å². The molecule has 2 N–H and O–H groups in total. The van der Waals surface area contributed by atoms with Gasteiger partial charge in [-0.25, -0.2) is 0 Å². The van der Waals surface area contributed by atoms with Gasteiger partial charge >= 0.3 is 5.97 Å². The van der Waals surface area contributed by atoms with Crippen LogP contribution in [-0.4, -0.2) is 28.6 Å². The van der Waals surface area contributed by atoms with E-state index in [1.165, 1.54) is 6.20 Å². The molecule has 1 aromatic carbocycles. The molecule has 132 valence electrons. The zero-order valence-corrected chi connectivity index (χ0v) is 15.4. The Morgan fingerprint density at radius 2 is 2.08 bits per heavy atom. The number of carbonyl (C=O) groups excluding carboxylic acids is 1. The van der Waals surface area contributed by atoms with Crippen molar-refractivity contribution in [2.75, 3.05) is 11.9 Å². The molecule has 1 heterocycles. The third-order valence-corrected chi connectivity index (χ3v) is 3.78. The molecule has 1 aromatic heterocycles. The van der Waals surface area contributed by atoms with E-state index in [9.17, 15) is 9.59 Å². The van der Waals surface area contributed by atoms with Crippen LogP contribution >= 0.6 is 15.9 Å². The number of nitrogens with one attached hydrogen (secondary N) is 1. The van der Waals surface area contributed by atoms with Gasteiger partial charge in [-0.1, -0.05) is 13.0 Å². The number of halogens is 1. The van der Waals surface area contributed by atoms with E-state index in [1.807, 2.05) is 13.0 Å². The number of carbonyl (C=O) groups is 2. The minimum absolute atomic E-state index is 0.0259. The van der Waals surface area contributed by atoms with Gasteiger partial charge in [0.25, 0.3) is 5.91 Å². The second kappa shape index (κ2) is 9.17. The fourth-order valence-electron chi connectivity index (χ4n) is 2.15. The van der Waals surface area contributed by atoms with E-state index in [4.69, 9.17) is 9.84 Å². The first-order valence-electron chi connectivity index (χ1n) is 7.89. The van der Waals surface area contributed by atoms with Gasteiger partial charge in [-0.3, -0.25) is 14.6 Å². The predicted octanol–water partition coefficient (Wildman–Crippen LogP) is 3.90. The zero-order valence-electron chi connectivity index (χ0n) is 13.8. The van der Waals surface area contributed by atoms with Gasteiger partial charge in [-0.05, 0) is 52.5 Å². The molecule has 1 amide bonds. The molecule has 0 atom stereocenters. The van der Waals surface area contributed by atoms with Crippen LogP contribution in [0.15, 0.2) is 41.1 Å². The summed E-state index contributed by atoms with van der Waals surface area (Å²) in [6.07, 6.45) is 4.31. The first-order chi connectivity index (χ1) is 12.0. The molecule has 0 aliphatic heterocycles. The van der Waals surface area contributed by atoms with E-state index in [-0.39, 0.29) is 12.3 Å². The highest BCUT2D eigenvalue weighted by atomic mass is 79.9. The molecular weight excluding hydrogens is 388 g/mol. The van der Waals surface area contributed by atoms with Gasteiger partial charge in [0.1, 0.15) is 5.75 Å². The molecule has 0 aliphatic carbocycles. The maximum atomic E-state index is 12.4. The normalized spacial score (nSPS) is 10.3. The SMILES string of the molecule is CCCOc1ccc(CCC(=O)O)cc1NC(=O)c1cncc(Br)c1. The third-order valence-electron chi connectivity index (χ3n) is 3.35. The topological polar surface area (TPSA) is 88.5 Å². The van der Waals surface area contributed by atoms with Gasteiger partial charge in [-0.2, -0.15) is 0 Å². The van der Waals surface area contributed by atoms with Crippen LogP contribution in [0.3, 0.4) is 0 Å². The molecule has 25 heavy (non-hydrogen) atoms. The summed E-state index contributed by atoms with van der Waals surface area (Å²) in [6.45, 7) is 2.52. The van der Waals surface area contributed by atoms with Crippen molar-refractivity contribution in [3.63, 3.8) is 0 Å². The number of carboxylic acids is 1. The van der Waals surface area contributed by atoms with Crippen LogP contribution in [0.4, 0.5) is 5.69 Å². The largest absolute Gasteiger partial charge is 0.491 e. The van der Waals surface area contributed by atoms with Crippen molar-refractivity contribution in [3.8, 4) is 5.75 Å². The van der Waals surface area contributed by atoms with Gasteiger partial charge in [0.15, 0.2) is 0 Å². The highest BCUT2D eigenvalue weighted by molar-refractivity contribution is 9.10. The zero-order chi connectivity index (χ0) is 18.2. The van der Waals surface area contributed by atoms with Crippen molar-refractivity contribution in [1.82, 2.24) is 4.98 Å². The lowest BCUT2D eigenvalue weighted by Crippen LogP contribution is -2.14. The number of aromatic nitrogens is 1. The summed E-state index contributed by atoms with van der Waals surface area (Å²) < 4.78 is 6.38. The Labute approximate surface area is 154 Å².